The van der Waals surface area contributed by atoms with Gasteiger partial charge in [0, 0.05) is 18.0 Å². The normalized spacial score (nSPS) is 11.5. The summed E-state index contributed by atoms with van der Waals surface area (Å²) in [7, 11) is 1.59. The van der Waals surface area contributed by atoms with E-state index in [1.807, 2.05) is 18.2 Å². The Balaban J connectivity index is 1.39. The highest BCUT2D eigenvalue weighted by atomic mass is 32.2. The molecule has 31 heavy (non-hydrogen) atoms. The maximum Gasteiger partial charge on any atom is 0.286 e. The molecule has 0 aliphatic heterocycles. The Morgan fingerprint density at radius 2 is 1.84 bits per heavy atom. The highest BCUT2D eigenvalue weighted by Crippen LogP contribution is 2.20. The van der Waals surface area contributed by atoms with Crippen LogP contribution in [-0.2, 0) is 10.5 Å². The van der Waals surface area contributed by atoms with Gasteiger partial charge in [-0.1, -0.05) is 48.6 Å². The summed E-state index contributed by atoms with van der Waals surface area (Å²) in [4.78, 5) is 24.4. The first kappa shape index (κ1) is 22.8. The van der Waals surface area contributed by atoms with Gasteiger partial charge in [0.25, 0.3) is 5.91 Å². The maximum absolute atomic E-state index is 12.3. The fraction of sp³-hybridized carbons (Fsp3) is 0.273. The van der Waals surface area contributed by atoms with Gasteiger partial charge in [-0.2, -0.15) is 0 Å². The molecule has 3 aromatic rings. The third-order valence-electron chi connectivity index (χ3n) is 4.44. The van der Waals surface area contributed by atoms with E-state index in [0.29, 0.717) is 34.5 Å². The number of rotatable bonds is 10. The number of carbonyl (C=O) groups excluding carboxylic acids is 2. The number of carbonyl (C=O) groups is 2. The Kier molecular flexibility index (Phi) is 8.43. The van der Waals surface area contributed by atoms with Crippen LogP contribution in [-0.4, -0.2) is 41.4 Å². The fourth-order valence-electron chi connectivity index (χ4n) is 2.71. The predicted molar refractivity (Wildman–Crippen MR) is 125 cm³/mol. The minimum absolute atomic E-state index is 0.0187. The Hall–Kier alpha value is -2.91. The van der Waals surface area contributed by atoms with Gasteiger partial charge in [0.1, 0.15) is 10.8 Å². The topological polar surface area (TPSA) is 93.2 Å². The molecule has 2 aromatic carbocycles. The number of amides is 2. The van der Waals surface area contributed by atoms with E-state index in [4.69, 9.17) is 4.74 Å². The lowest BCUT2D eigenvalue weighted by Gasteiger charge is -2.12. The van der Waals surface area contributed by atoms with Gasteiger partial charge >= 0.3 is 0 Å². The average molecular weight is 457 g/mol. The van der Waals surface area contributed by atoms with E-state index in [0.717, 1.165) is 0 Å². The minimum atomic E-state index is -0.313. The molecule has 3 rings (SSSR count). The van der Waals surface area contributed by atoms with Crippen molar-refractivity contribution in [2.45, 2.75) is 18.6 Å². The molecule has 0 aliphatic rings. The number of benzene rings is 2. The number of nitrogens with zero attached hydrogens (tertiary/aromatic N) is 2. The van der Waals surface area contributed by atoms with Crippen LogP contribution in [0.2, 0.25) is 0 Å². The molecule has 162 valence electrons. The summed E-state index contributed by atoms with van der Waals surface area (Å²) >= 11 is 2.67. The number of methoxy groups -OCH3 is 1. The van der Waals surface area contributed by atoms with Gasteiger partial charge in [0.2, 0.25) is 10.9 Å². The number of ether oxygens (including phenoxy) is 1. The van der Waals surface area contributed by atoms with Gasteiger partial charge in [-0.3, -0.25) is 9.59 Å². The first-order valence-corrected chi connectivity index (χ1v) is 11.7. The zero-order valence-electron chi connectivity index (χ0n) is 17.3. The van der Waals surface area contributed by atoms with Crippen molar-refractivity contribution in [1.82, 2.24) is 15.5 Å². The van der Waals surface area contributed by atoms with E-state index in [-0.39, 0.29) is 22.7 Å². The SMILES string of the molecule is COc1ccc(NC(=O)c2nnc(CSCC(=O)NC[C@H](C)c3ccccc3)s2)cc1. The van der Waals surface area contributed by atoms with Gasteiger partial charge in [-0.05, 0) is 35.7 Å². The zero-order chi connectivity index (χ0) is 22.1. The van der Waals surface area contributed by atoms with Crippen LogP contribution in [0.1, 0.15) is 33.2 Å². The lowest BCUT2D eigenvalue weighted by molar-refractivity contribution is -0.118. The van der Waals surface area contributed by atoms with Crippen molar-refractivity contribution in [2.24, 2.45) is 0 Å². The second-order valence-corrected chi connectivity index (χ2v) is 8.84. The lowest BCUT2D eigenvalue weighted by Crippen LogP contribution is -2.29. The summed E-state index contributed by atoms with van der Waals surface area (Å²) in [6.45, 7) is 2.68. The molecule has 0 bridgehead atoms. The predicted octanol–water partition coefficient (Wildman–Crippen LogP) is 3.95. The van der Waals surface area contributed by atoms with Crippen LogP contribution in [0.5, 0.6) is 5.75 Å². The summed E-state index contributed by atoms with van der Waals surface area (Å²) in [6, 6.07) is 17.1. The van der Waals surface area contributed by atoms with Gasteiger partial charge in [-0.15, -0.1) is 22.0 Å². The van der Waals surface area contributed by atoms with Crippen LogP contribution < -0.4 is 15.4 Å². The standard InChI is InChI=1S/C22H24N4O3S2/c1-15(16-6-4-3-5-7-16)12-23-19(27)13-30-14-20-25-26-22(31-20)21(28)24-17-8-10-18(29-2)11-9-17/h3-11,15H,12-14H2,1-2H3,(H,23,27)(H,24,28)/t15-/m0/s1. The van der Waals surface area contributed by atoms with E-state index >= 15 is 0 Å². The second kappa shape index (κ2) is 11.5. The molecular formula is C22H24N4O3S2. The molecule has 1 aromatic heterocycles. The number of hydrogen-bond acceptors (Lipinski definition) is 7. The van der Waals surface area contributed by atoms with Crippen LogP contribution in [0.4, 0.5) is 5.69 Å². The van der Waals surface area contributed by atoms with Crippen LogP contribution >= 0.6 is 23.1 Å². The van der Waals surface area contributed by atoms with Crippen molar-refractivity contribution in [3.63, 3.8) is 0 Å². The van der Waals surface area contributed by atoms with E-state index in [1.165, 1.54) is 28.7 Å². The first-order chi connectivity index (χ1) is 15.0. The molecule has 1 heterocycles. The Labute approximate surface area is 189 Å². The molecule has 0 spiro atoms. The van der Waals surface area contributed by atoms with Crippen molar-refractivity contribution < 1.29 is 14.3 Å². The third-order valence-corrected chi connectivity index (χ3v) is 6.49. The summed E-state index contributed by atoms with van der Waals surface area (Å²) < 4.78 is 5.10. The first-order valence-electron chi connectivity index (χ1n) is 9.72. The largest absolute Gasteiger partial charge is 0.497 e. The summed E-state index contributed by atoms with van der Waals surface area (Å²) in [5.41, 5.74) is 1.85. The fourth-order valence-corrected chi connectivity index (χ4v) is 4.35. The van der Waals surface area contributed by atoms with E-state index < -0.39 is 0 Å². The summed E-state index contributed by atoms with van der Waals surface area (Å²) in [6.07, 6.45) is 0. The van der Waals surface area contributed by atoms with Crippen LogP contribution in [0, 0.1) is 0 Å². The van der Waals surface area contributed by atoms with Gasteiger partial charge in [0.15, 0.2) is 0 Å². The molecule has 0 unspecified atom stereocenters. The number of aromatic nitrogens is 2. The summed E-state index contributed by atoms with van der Waals surface area (Å²) in [5.74, 6) is 1.49. The quantitative estimate of drug-likeness (QED) is 0.480. The maximum atomic E-state index is 12.3. The monoisotopic (exact) mass is 456 g/mol. The Bertz CT molecular complexity index is 994. The molecule has 1 atom stereocenters. The molecule has 2 N–H and O–H groups in total. The number of nitrogens with one attached hydrogen (secondary N) is 2. The molecular weight excluding hydrogens is 432 g/mol. The van der Waals surface area contributed by atoms with E-state index in [9.17, 15) is 9.59 Å². The van der Waals surface area contributed by atoms with E-state index in [2.05, 4.69) is 39.9 Å². The second-order valence-electron chi connectivity index (χ2n) is 6.79. The van der Waals surface area contributed by atoms with Crippen LogP contribution in [0.3, 0.4) is 0 Å². The smallest absolute Gasteiger partial charge is 0.286 e. The van der Waals surface area contributed by atoms with Crippen LogP contribution in [0.15, 0.2) is 54.6 Å². The number of hydrogen-bond donors (Lipinski definition) is 2. The average Bonchev–Trinajstić information content (AvgIpc) is 3.27. The van der Waals surface area contributed by atoms with Crippen molar-refractivity contribution in [3.8, 4) is 5.75 Å². The molecule has 0 saturated carbocycles. The lowest BCUT2D eigenvalue weighted by atomic mass is 10.0. The molecule has 0 fully saturated rings. The van der Waals surface area contributed by atoms with Gasteiger partial charge < -0.3 is 15.4 Å². The van der Waals surface area contributed by atoms with Crippen molar-refractivity contribution in [2.75, 3.05) is 24.7 Å². The highest BCUT2D eigenvalue weighted by molar-refractivity contribution is 7.99. The Morgan fingerprint density at radius 3 is 2.55 bits per heavy atom. The highest BCUT2D eigenvalue weighted by Gasteiger charge is 2.14. The van der Waals surface area contributed by atoms with Gasteiger partial charge in [0.05, 0.1) is 12.9 Å². The van der Waals surface area contributed by atoms with E-state index in [1.54, 1.807) is 31.4 Å². The number of thioether (sulfide) groups is 1. The van der Waals surface area contributed by atoms with Crippen molar-refractivity contribution in [3.05, 3.63) is 70.2 Å². The number of anilines is 1. The molecule has 0 saturated heterocycles. The Morgan fingerprint density at radius 1 is 1.10 bits per heavy atom. The molecule has 0 aliphatic carbocycles. The van der Waals surface area contributed by atoms with Crippen molar-refractivity contribution >= 4 is 40.6 Å². The molecule has 2 amide bonds. The van der Waals surface area contributed by atoms with Gasteiger partial charge in [-0.25, -0.2) is 0 Å². The zero-order valence-corrected chi connectivity index (χ0v) is 19.0. The third kappa shape index (κ3) is 7.08. The molecule has 7 nitrogen and oxygen atoms in total. The molecule has 0 radical (unpaired) electrons. The van der Waals surface area contributed by atoms with Crippen molar-refractivity contribution in [1.29, 1.82) is 0 Å². The summed E-state index contributed by atoms with van der Waals surface area (Å²) in [5, 5.41) is 14.7. The molecule has 9 heteroatoms. The minimum Gasteiger partial charge on any atom is -0.497 e. The van der Waals surface area contributed by atoms with Crippen LogP contribution in [0.25, 0.3) is 0 Å².